The summed E-state index contributed by atoms with van der Waals surface area (Å²) in [6, 6.07) is 9.93. The molecule has 0 spiro atoms. The Labute approximate surface area is 159 Å². The van der Waals surface area contributed by atoms with E-state index in [0.29, 0.717) is 11.3 Å². The number of hydrogen-bond donors (Lipinski definition) is 3. The summed E-state index contributed by atoms with van der Waals surface area (Å²) in [6.07, 6.45) is 6.82. The van der Waals surface area contributed by atoms with Crippen LogP contribution in [-0.2, 0) is 4.79 Å². The second-order valence-electron chi connectivity index (χ2n) is 6.07. The minimum atomic E-state index is -0.130. The van der Waals surface area contributed by atoms with Crippen molar-refractivity contribution in [1.82, 2.24) is 5.32 Å². The standard InChI is InChI=1S/C9H14N2O.C9H11N.C4H10/c1-4-8(9(12)11-3)6-5-7(2)10;1-2-9(10)8-6-4-3-5-7-8;1-4(2)3/h4-6H,2,10H2,1,3H3,(H,11,12);2-7H,10H2,1H3;4H,1-3H3/b6-5-,8-4+;9-2-;. The molecule has 144 valence electrons. The van der Waals surface area contributed by atoms with Crippen LogP contribution < -0.4 is 16.8 Å². The maximum atomic E-state index is 11.1. The largest absolute Gasteiger partial charge is 0.399 e. The summed E-state index contributed by atoms with van der Waals surface area (Å²) >= 11 is 0. The molecule has 0 heterocycles. The molecular weight excluding hydrogens is 322 g/mol. The van der Waals surface area contributed by atoms with Crippen molar-refractivity contribution >= 4 is 11.6 Å². The first-order valence-electron chi connectivity index (χ1n) is 8.67. The van der Waals surface area contributed by atoms with Crippen LogP contribution in [0, 0.1) is 5.92 Å². The van der Waals surface area contributed by atoms with Crippen molar-refractivity contribution < 1.29 is 4.79 Å². The molecule has 5 N–H and O–H groups in total. The van der Waals surface area contributed by atoms with Crippen molar-refractivity contribution in [3.63, 3.8) is 0 Å². The Kier molecular flexibility index (Phi) is 15.4. The van der Waals surface area contributed by atoms with Crippen LogP contribution >= 0.6 is 0 Å². The van der Waals surface area contributed by atoms with Gasteiger partial charge in [-0.2, -0.15) is 0 Å². The van der Waals surface area contributed by atoms with E-state index in [4.69, 9.17) is 11.5 Å². The number of nitrogens with two attached hydrogens (primary N) is 2. The lowest BCUT2D eigenvalue weighted by Gasteiger charge is -1.98. The average Bonchev–Trinajstić information content (AvgIpc) is 2.61. The summed E-state index contributed by atoms with van der Waals surface area (Å²) in [6.45, 7) is 13.7. The van der Waals surface area contributed by atoms with Gasteiger partial charge in [-0.1, -0.05) is 69.8 Å². The van der Waals surface area contributed by atoms with E-state index < -0.39 is 0 Å². The number of amides is 1. The van der Waals surface area contributed by atoms with Gasteiger partial charge in [-0.25, -0.2) is 0 Å². The Hall–Kier alpha value is -2.75. The van der Waals surface area contributed by atoms with E-state index in [9.17, 15) is 4.79 Å². The Morgan fingerprint density at radius 3 is 1.88 bits per heavy atom. The number of carbonyl (C=O) groups excluding carboxylic acids is 1. The minimum Gasteiger partial charge on any atom is -0.399 e. The Morgan fingerprint density at radius 1 is 1.04 bits per heavy atom. The monoisotopic (exact) mass is 357 g/mol. The van der Waals surface area contributed by atoms with Crippen molar-refractivity contribution in [3.05, 3.63) is 78.0 Å². The smallest absolute Gasteiger partial charge is 0.250 e. The molecule has 1 rings (SSSR count). The molecule has 1 aromatic rings. The molecular formula is C22H35N3O. The van der Waals surface area contributed by atoms with Gasteiger partial charge < -0.3 is 16.8 Å². The molecule has 4 nitrogen and oxygen atoms in total. The molecule has 0 aliphatic carbocycles. The number of benzene rings is 1. The Bertz CT molecular complexity index is 609. The van der Waals surface area contributed by atoms with Gasteiger partial charge in [0, 0.05) is 24.0 Å². The molecule has 0 aliphatic heterocycles. The number of nitrogens with one attached hydrogen (secondary N) is 1. The lowest BCUT2D eigenvalue weighted by atomic mass is 10.2. The zero-order chi connectivity index (χ0) is 20.5. The van der Waals surface area contributed by atoms with E-state index in [1.165, 1.54) is 0 Å². The fourth-order valence-corrected chi connectivity index (χ4v) is 1.44. The highest BCUT2D eigenvalue weighted by Crippen LogP contribution is 2.06. The first-order chi connectivity index (χ1) is 12.2. The molecule has 0 atom stereocenters. The van der Waals surface area contributed by atoms with Crippen LogP contribution in [0.1, 0.15) is 40.2 Å². The zero-order valence-electron chi connectivity index (χ0n) is 17.0. The predicted octanol–water partition coefficient (Wildman–Crippen LogP) is 4.38. The molecule has 1 amide bonds. The van der Waals surface area contributed by atoms with Gasteiger partial charge in [-0.3, -0.25) is 4.79 Å². The van der Waals surface area contributed by atoms with E-state index in [1.54, 1.807) is 32.2 Å². The van der Waals surface area contributed by atoms with Crippen LogP contribution in [0.2, 0.25) is 0 Å². The molecule has 0 aromatic heterocycles. The molecule has 0 unspecified atom stereocenters. The van der Waals surface area contributed by atoms with E-state index >= 15 is 0 Å². The van der Waals surface area contributed by atoms with Gasteiger partial charge >= 0.3 is 0 Å². The summed E-state index contributed by atoms with van der Waals surface area (Å²) in [4.78, 5) is 11.1. The van der Waals surface area contributed by atoms with Gasteiger partial charge in [0.25, 0.3) is 5.91 Å². The van der Waals surface area contributed by atoms with Crippen LogP contribution in [0.5, 0.6) is 0 Å². The zero-order valence-corrected chi connectivity index (χ0v) is 17.0. The first kappa shape index (κ1) is 25.5. The maximum absolute atomic E-state index is 11.1. The second kappa shape index (κ2) is 15.8. The van der Waals surface area contributed by atoms with Gasteiger partial charge in [-0.15, -0.1) is 0 Å². The van der Waals surface area contributed by atoms with E-state index in [2.05, 4.69) is 32.7 Å². The highest BCUT2D eigenvalue weighted by Gasteiger charge is 2.00. The van der Waals surface area contributed by atoms with Crippen LogP contribution in [0.3, 0.4) is 0 Å². The van der Waals surface area contributed by atoms with E-state index in [-0.39, 0.29) is 5.91 Å². The quantitative estimate of drug-likeness (QED) is 0.552. The van der Waals surface area contributed by atoms with Gasteiger partial charge in [0.2, 0.25) is 0 Å². The second-order valence-corrected chi connectivity index (χ2v) is 6.07. The van der Waals surface area contributed by atoms with Gasteiger partial charge in [-0.05, 0) is 37.5 Å². The van der Waals surface area contributed by atoms with Crippen LogP contribution in [0.15, 0.2) is 72.5 Å². The normalized spacial score (nSPS) is 11.2. The lowest BCUT2D eigenvalue weighted by Crippen LogP contribution is -2.18. The highest BCUT2D eigenvalue weighted by atomic mass is 16.1. The van der Waals surface area contributed by atoms with Gasteiger partial charge in [0.05, 0.1) is 0 Å². The number of rotatable bonds is 4. The van der Waals surface area contributed by atoms with Crippen molar-refractivity contribution in [2.75, 3.05) is 7.05 Å². The third-order valence-electron chi connectivity index (χ3n) is 2.70. The molecule has 4 heteroatoms. The van der Waals surface area contributed by atoms with Crippen LogP contribution in [0.25, 0.3) is 5.70 Å². The average molecular weight is 358 g/mol. The molecule has 0 fully saturated rings. The Balaban J connectivity index is 0. The lowest BCUT2D eigenvalue weighted by molar-refractivity contribution is -0.116. The number of likely N-dealkylation sites (N-methyl/N-ethyl adjacent to an activating group) is 1. The van der Waals surface area contributed by atoms with Crippen LogP contribution in [-0.4, -0.2) is 13.0 Å². The highest BCUT2D eigenvalue weighted by molar-refractivity contribution is 5.95. The van der Waals surface area contributed by atoms with Crippen molar-refractivity contribution in [3.8, 4) is 0 Å². The van der Waals surface area contributed by atoms with Gasteiger partial charge in [0.1, 0.15) is 0 Å². The van der Waals surface area contributed by atoms with Crippen molar-refractivity contribution in [2.24, 2.45) is 17.4 Å². The van der Waals surface area contributed by atoms with E-state index in [1.807, 2.05) is 43.3 Å². The summed E-state index contributed by atoms with van der Waals surface area (Å²) in [5, 5.41) is 2.51. The minimum absolute atomic E-state index is 0.130. The molecule has 1 aromatic carbocycles. The molecule has 26 heavy (non-hydrogen) atoms. The predicted molar refractivity (Wildman–Crippen MR) is 115 cm³/mol. The molecule has 0 aliphatic rings. The maximum Gasteiger partial charge on any atom is 0.250 e. The summed E-state index contributed by atoms with van der Waals surface area (Å²) in [5.74, 6) is 0.704. The molecule has 0 radical (unpaired) electrons. The van der Waals surface area contributed by atoms with Crippen LogP contribution in [0.4, 0.5) is 0 Å². The molecule has 0 bridgehead atoms. The topological polar surface area (TPSA) is 81.1 Å². The fraction of sp³-hybridized carbons (Fsp3) is 0.318. The number of allylic oxidation sites excluding steroid dienone is 3. The third-order valence-corrected chi connectivity index (χ3v) is 2.70. The van der Waals surface area contributed by atoms with Crippen molar-refractivity contribution in [2.45, 2.75) is 34.6 Å². The fourth-order valence-electron chi connectivity index (χ4n) is 1.44. The number of carbonyl (C=O) groups is 1. The summed E-state index contributed by atoms with van der Waals surface area (Å²) in [7, 11) is 1.58. The number of hydrogen-bond acceptors (Lipinski definition) is 3. The SMILES string of the molecule is C/C=C(\N)c1ccccc1.C=C(N)/C=C\C(=C/C)C(=O)NC.CC(C)C. The van der Waals surface area contributed by atoms with Gasteiger partial charge in [0.15, 0.2) is 0 Å². The third kappa shape index (κ3) is 14.8. The summed E-state index contributed by atoms with van der Waals surface area (Å²) < 4.78 is 0. The first-order valence-corrected chi connectivity index (χ1v) is 8.67. The van der Waals surface area contributed by atoms with E-state index in [0.717, 1.165) is 17.2 Å². The van der Waals surface area contributed by atoms with Crippen molar-refractivity contribution in [1.29, 1.82) is 0 Å². The Morgan fingerprint density at radius 2 is 1.54 bits per heavy atom. The molecule has 0 saturated carbocycles. The molecule has 0 saturated heterocycles. The summed E-state index contributed by atoms with van der Waals surface area (Å²) in [5.41, 5.74) is 13.9.